The maximum Gasteiger partial charge on any atom is 0.415 e. The topological polar surface area (TPSA) is 66.8 Å². The number of anilines is 1. The first-order valence-corrected chi connectivity index (χ1v) is 7.67. The zero-order valence-electron chi connectivity index (χ0n) is 10.9. The van der Waals surface area contributed by atoms with Gasteiger partial charge in [0.15, 0.2) is 0 Å². The van der Waals surface area contributed by atoms with E-state index in [-0.39, 0.29) is 5.56 Å². The number of carbonyl (C=O) groups excluding carboxylic acids is 1. The predicted molar refractivity (Wildman–Crippen MR) is 76.5 cm³/mol. The van der Waals surface area contributed by atoms with E-state index in [1.165, 1.54) is 11.0 Å². The summed E-state index contributed by atoms with van der Waals surface area (Å²) in [6, 6.07) is 6.54. The average Bonchev–Trinajstić information content (AvgIpc) is 2.76. The highest BCUT2D eigenvalue weighted by Gasteiger charge is 2.47. The molecule has 1 aromatic rings. The molecule has 1 amide bonds. The predicted octanol–water partition coefficient (Wildman–Crippen LogP) is 2.61. The summed E-state index contributed by atoms with van der Waals surface area (Å²) < 4.78 is 5.56. The number of amides is 1. The Kier molecular flexibility index (Phi) is 3.33. The largest absolute Gasteiger partial charge is 0.478 e. The van der Waals surface area contributed by atoms with Gasteiger partial charge >= 0.3 is 12.1 Å². The molecule has 1 N–H and O–H groups in total. The van der Waals surface area contributed by atoms with Gasteiger partial charge in [0.2, 0.25) is 0 Å². The molecule has 2 aliphatic heterocycles. The zero-order valence-corrected chi connectivity index (χ0v) is 11.7. The van der Waals surface area contributed by atoms with Crippen LogP contribution in [-0.4, -0.2) is 40.8 Å². The van der Waals surface area contributed by atoms with Gasteiger partial charge in [-0.3, -0.25) is 4.90 Å². The zero-order chi connectivity index (χ0) is 14.2. The van der Waals surface area contributed by atoms with Gasteiger partial charge in [-0.2, -0.15) is 11.8 Å². The molecule has 20 heavy (non-hydrogen) atoms. The molecule has 2 fully saturated rings. The molecule has 106 valence electrons. The minimum atomic E-state index is -1.03. The minimum Gasteiger partial charge on any atom is -0.478 e. The maximum absolute atomic E-state index is 12.1. The fraction of sp³-hybridized carbons (Fsp3) is 0.429. The third-order valence-electron chi connectivity index (χ3n) is 3.68. The number of para-hydroxylation sites is 1. The molecule has 1 unspecified atom stereocenters. The number of hydrogen-bond donors (Lipinski definition) is 1. The monoisotopic (exact) mass is 293 g/mol. The molecule has 0 radical (unpaired) electrons. The third kappa shape index (κ3) is 2.24. The second-order valence-electron chi connectivity index (χ2n) is 5.12. The van der Waals surface area contributed by atoms with Crippen LogP contribution in [0.3, 0.4) is 0 Å². The Bertz CT molecular complexity index is 554. The van der Waals surface area contributed by atoms with Gasteiger partial charge in [-0.15, -0.1) is 0 Å². The summed E-state index contributed by atoms with van der Waals surface area (Å²) in [4.78, 5) is 24.8. The summed E-state index contributed by atoms with van der Waals surface area (Å²) in [7, 11) is 0. The number of ether oxygens (including phenoxy) is 1. The smallest absolute Gasteiger partial charge is 0.415 e. The lowest BCUT2D eigenvalue weighted by Crippen LogP contribution is -2.39. The molecule has 0 saturated carbocycles. The Labute approximate surface area is 120 Å². The summed E-state index contributed by atoms with van der Waals surface area (Å²) in [5, 5.41) is 9.23. The minimum absolute atomic E-state index is 0.130. The summed E-state index contributed by atoms with van der Waals surface area (Å²) in [5.74, 6) is 0.836. The molecule has 0 bridgehead atoms. The number of carbonyl (C=O) groups is 2. The normalized spacial score (nSPS) is 25.8. The van der Waals surface area contributed by atoms with Crippen LogP contribution in [0, 0.1) is 0 Å². The summed E-state index contributed by atoms with van der Waals surface area (Å²) in [5.41, 5.74) is 0.0911. The van der Waals surface area contributed by atoms with Crippen molar-refractivity contribution in [1.82, 2.24) is 0 Å². The first-order chi connectivity index (χ1) is 9.61. The van der Waals surface area contributed by atoms with Crippen molar-refractivity contribution in [2.24, 2.45) is 0 Å². The van der Waals surface area contributed by atoms with Gasteiger partial charge < -0.3 is 9.84 Å². The van der Waals surface area contributed by atoms with Gasteiger partial charge in [0.25, 0.3) is 0 Å². The lowest BCUT2D eigenvalue weighted by atomic mass is 9.99. The van der Waals surface area contributed by atoms with Crippen LogP contribution >= 0.6 is 11.8 Å². The number of benzene rings is 1. The van der Waals surface area contributed by atoms with Crippen molar-refractivity contribution < 1.29 is 19.4 Å². The highest BCUT2D eigenvalue weighted by atomic mass is 32.2. The molecule has 1 aromatic carbocycles. The van der Waals surface area contributed by atoms with E-state index in [1.54, 1.807) is 30.0 Å². The van der Waals surface area contributed by atoms with E-state index in [9.17, 15) is 14.7 Å². The van der Waals surface area contributed by atoms with Crippen LogP contribution in [0.1, 0.15) is 23.2 Å². The van der Waals surface area contributed by atoms with Gasteiger partial charge in [0.1, 0.15) is 5.60 Å². The standard InChI is InChI=1S/C14H15NO4S/c16-12(17)10-4-1-2-5-11(10)15-8-14(19-13(15)18)6-3-7-20-9-14/h1-2,4-5H,3,6-9H2,(H,16,17). The number of aromatic carboxylic acids is 1. The molecular formula is C14H15NO4S. The summed E-state index contributed by atoms with van der Waals surface area (Å²) in [6.07, 6.45) is 1.42. The van der Waals surface area contributed by atoms with Crippen molar-refractivity contribution in [1.29, 1.82) is 0 Å². The van der Waals surface area contributed by atoms with E-state index >= 15 is 0 Å². The van der Waals surface area contributed by atoms with Crippen molar-refractivity contribution in [3.05, 3.63) is 29.8 Å². The molecule has 2 heterocycles. The van der Waals surface area contributed by atoms with Crippen LogP contribution < -0.4 is 4.90 Å². The molecule has 3 rings (SSSR count). The van der Waals surface area contributed by atoms with E-state index in [4.69, 9.17) is 4.74 Å². The van der Waals surface area contributed by atoms with Crippen LogP contribution in [-0.2, 0) is 4.74 Å². The van der Waals surface area contributed by atoms with Crippen molar-refractivity contribution >= 4 is 29.5 Å². The average molecular weight is 293 g/mol. The Hall–Kier alpha value is -1.69. The molecule has 2 saturated heterocycles. The first-order valence-electron chi connectivity index (χ1n) is 6.52. The van der Waals surface area contributed by atoms with Gasteiger partial charge in [0, 0.05) is 5.75 Å². The van der Waals surface area contributed by atoms with Crippen LogP contribution in [0.5, 0.6) is 0 Å². The Balaban J connectivity index is 1.91. The Morgan fingerprint density at radius 1 is 1.40 bits per heavy atom. The number of hydrogen-bond acceptors (Lipinski definition) is 4. The molecule has 1 atom stereocenters. The number of carboxylic acids is 1. The van der Waals surface area contributed by atoms with Crippen molar-refractivity contribution in [2.45, 2.75) is 18.4 Å². The van der Waals surface area contributed by atoms with Crippen LogP contribution in [0.15, 0.2) is 24.3 Å². The summed E-state index contributed by atoms with van der Waals surface area (Å²) >= 11 is 1.78. The molecule has 6 heteroatoms. The van der Waals surface area contributed by atoms with Gasteiger partial charge in [-0.1, -0.05) is 12.1 Å². The van der Waals surface area contributed by atoms with E-state index in [1.807, 2.05) is 0 Å². The lowest BCUT2D eigenvalue weighted by Gasteiger charge is -2.30. The van der Waals surface area contributed by atoms with Gasteiger partial charge in [0.05, 0.1) is 17.8 Å². The third-order valence-corrected chi connectivity index (χ3v) is 4.99. The van der Waals surface area contributed by atoms with Gasteiger partial charge in [-0.05, 0) is 30.7 Å². The Morgan fingerprint density at radius 2 is 2.20 bits per heavy atom. The summed E-state index contributed by atoms with van der Waals surface area (Å²) in [6.45, 7) is 0.434. The first kappa shape index (κ1) is 13.3. The molecule has 0 aromatic heterocycles. The van der Waals surface area contributed by atoms with E-state index in [0.29, 0.717) is 12.2 Å². The van der Waals surface area contributed by atoms with Crippen molar-refractivity contribution in [3.8, 4) is 0 Å². The molecule has 5 nitrogen and oxygen atoms in total. The number of thioether (sulfide) groups is 1. The van der Waals surface area contributed by atoms with E-state index in [0.717, 1.165) is 24.3 Å². The van der Waals surface area contributed by atoms with Crippen LogP contribution in [0.25, 0.3) is 0 Å². The highest BCUT2D eigenvalue weighted by molar-refractivity contribution is 7.99. The Morgan fingerprint density at radius 3 is 2.90 bits per heavy atom. The SMILES string of the molecule is O=C(O)c1ccccc1N1CC2(CCCSC2)OC1=O. The second-order valence-corrected chi connectivity index (χ2v) is 6.22. The van der Waals surface area contributed by atoms with Crippen LogP contribution in [0.2, 0.25) is 0 Å². The maximum atomic E-state index is 12.1. The van der Waals surface area contributed by atoms with E-state index < -0.39 is 17.7 Å². The van der Waals surface area contributed by atoms with Crippen molar-refractivity contribution in [2.75, 3.05) is 23.0 Å². The number of carboxylic acid groups (broad SMARTS) is 1. The van der Waals surface area contributed by atoms with Gasteiger partial charge in [-0.25, -0.2) is 9.59 Å². The molecule has 1 spiro atoms. The number of nitrogens with zero attached hydrogens (tertiary/aromatic N) is 1. The number of rotatable bonds is 2. The quantitative estimate of drug-likeness (QED) is 0.908. The second kappa shape index (κ2) is 5.01. The fourth-order valence-corrected chi connectivity index (χ4v) is 3.89. The molecular weight excluding hydrogens is 278 g/mol. The van der Waals surface area contributed by atoms with E-state index in [2.05, 4.69) is 0 Å². The fourth-order valence-electron chi connectivity index (χ4n) is 2.73. The van der Waals surface area contributed by atoms with Crippen molar-refractivity contribution in [3.63, 3.8) is 0 Å². The molecule has 2 aliphatic rings. The molecule has 0 aliphatic carbocycles. The highest BCUT2D eigenvalue weighted by Crippen LogP contribution is 2.38. The lowest BCUT2D eigenvalue weighted by molar-refractivity contribution is 0.0662. The van der Waals surface area contributed by atoms with Crippen LogP contribution in [0.4, 0.5) is 10.5 Å².